The fraction of sp³-hybridized carbons (Fsp3) is 0.500. The molecule has 124 valence electrons. The van der Waals surface area contributed by atoms with Crippen LogP contribution in [0.3, 0.4) is 0 Å². The first kappa shape index (κ1) is 19.7. The van der Waals surface area contributed by atoms with Gasteiger partial charge in [0.15, 0.2) is 0 Å². The molecule has 0 bridgehead atoms. The van der Waals surface area contributed by atoms with Gasteiger partial charge < -0.3 is 0 Å². The van der Waals surface area contributed by atoms with Crippen molar-refractivity contribution in [3.63, 3.8) is 0 Å². The zero-order chi connectivity index (χ0) is 16.6. The Morgan fingerprint density at radius 1 is 1.23 bits per heavy atom. The van der Waals surface area contributed by atoms with Crippen molar-refractivity contribution in [3.8, 4) is 0 Å². The van der Waals surface area contributed by atoms with Gasteiger partial charge in [-0.05, 0) is 24.6 Å². The second kappa shape index (κ2) is 9.75. The lowest BCUT2D eigenvalue weighted by Crippen LogP contribution is -2.27. The Labute approximate surface area is 146 Å². The summed E-state index contributed by atoms with van der Waals surface area (Å²) in [6.45, 7) is 2.72. The standard InChI is InChI=1S/C12H18Br2N3O4P/c1-10(11-2-4-12(5-3-11)17(18)19)21-22(20,15-8-6-13)16-9-7-14/h2-5,10H,6-9H2,1H3,(H2,15,16,20). The lowest BCUT2D eigenvalue weighted by Gasteiger charge is -2.24. The lowest BCUT2D eigenvalue weighted by molar-refractivity contribution is -0.384. The molecule has 0 saturated carbocycles. The minimum absolute atomic E-state index is 0.00830. The van der Waals surface area contributed by atoms with Gasteiger partial charge in [0.25, 0.3) is 5.69 Å². The van der Waals surface area contributed by atoms with Crippen molar-refractivity contribution in [1.29, 1.82) is 0 Å². The number of nitrogens with zero attached hydrogens (tertiary/aromatic N) is 1. The molecule has 1 atom stereocenters. The van der Waals surface area contributed by atoms with Crippen molar-refractivity contribution in [2.24, 2.45) is 0 Å². The summed E-state index contributed by atoms with van der Waals surface area (Å²) in [7, 11) is -3.20. The van der Waals surface area contributed by atoms with Crippen LogP contribution < -0.4 is 10.2 Å². The fourth-order valence-corrected chi connectivity index (χ4v) is 4.31. The highest BCUT2D eigenvalue weighted by atomic mass is 79.9. The summed E-state index contributed by atoms with van der Waals surface area (Å²) in [4.78, 5) is 10.2. The van der Waals surface area contributed by atoms with Gasteiger partial charge in [0.2, 0.25) is 0 Å². The molecule has 0 spiro atoms. The molecule has 1 aromatic rings. The van der Waals surface area contributed by atoms with Crippen LogP contribution in [0.5, 0.6) is 0 Å². The Balaban J connectivity index is 2.78. The van der Waals surface area contributed by atoms with E-state index in [2.05, 4.69) is 42.0 Å². The van der Waals surface area contributed by atoms with E-state index in [0.29, 0.717) is 29.3 Å². The van der Waals surface area contributed by atoms with Crippen molar-refractivity contribution in [1.82, 2.24) is 10.2 Å². The quantitative estimate of drug-likeness (QED) is 0.240. The summed E-state index contributed by atoms with van der Waals surface area (Å²) < 4.78 is 18.3. The van der Waals surface area contributed by atoms with Gasteiger partial charge in [-0.15, -0.1) is 0 Å². The molecule has 0 aliphatic carbocycles. The molecule has 0 aliphatic heterocycles. The molecule has 7 nitrogen and oxygen atoms in total. The second-order valence-corrected chi connectivity index (χ2v) is 7.87. The third kappa shape index (κ3) is 6.44. The number of nitro benzene ring substituents is 1. The van der Waals surface area contributed by atoms with E-state index < -0.39 is 18.7 Å². The lowest BCUT2D eigenvalue weighted by atomic mass is 10.1. The average molecular weight is 459 g/mol. The van der Waals surface area contributed by atoms with Gasteiger partial charge in [-0.25, -0.2) is 10.2 Å². The second-order valence-electron chi connectivity index (χ2n) is 4.34. The summed E-state index contributed by atoms with van der Waals surface area (Å²) in [6, 6.07) is 6.00. The van der Waals surface area contributed by atoms with E-state index in [0.717, 1.165) is 0 Å². The van der Waals surface area contributed by atoms with Crippen LogP contribution in [0.25, 0.3) is 0 Å². The van der Waals surface area contributed by atoms with Crippen molar-refractivity contribution in [3.05, 3.63) is 39.9 Å². The molecule has 0 fully saturated rings. The molecular weight excluding hydrogens is 441 g/mol. The highest BCUT2D eigenvalue weighted by Gasteiger charge is 2.25. The highest BCUT2D eigenvalue weighted by molar-refractivity contribution is 9.09. The van der Waals surface area contributed by atoms with E-state index in [-0.39, 0.29) is 5.69 Å². The van der Waals surface area contributed by atoms with Gasteiger partial charge in [-0.3, -0.25) is 19.2 Å². The molecule has 0 heterocycles. The molecular formula is C12H18Br2N3O4P. The number of nitro groups is 1. The Morgan fingerprint density at radius 2 is 1.73 bits per heavy atom. The van der Waals surface area contributed by atoms with Gasteiger partial charge in [0.1, 0.15) is 0 Å². The van der Waals surface area contributed by atoms with Crippen LogP contribution in [-0.4, -0.2) is 28.7 Å². The third-order valence-electron chi connectivity index (χ3n) is 2.71. The molecule has 1 aromatic carbocycles. The van der Waals surface area contributed by atoms with E-state index in [1.54, 1.807) is 19.1 Å². The van der Waals surface area contributed by atoms with Crippen LogP contribution in [0.2, 0.25) is 0 Å². The zero-order valence-corrected chi connectivity index (χ0v) is 16.1. The van der Waals surface area contributed by atoms with Crippen LogP contribution in [-0.2, 0) is 9.09 Å². The first-order chi connectivity index (χ1) is 10.4. The van der Waals surface area contributed by atoms with E-state index in [1.807, 2.05) is 0 Å². The van der Waals surface area contributed by atoms with Crippen molar-refractivity contribution in [2.75, 3.05) is 23.7 Å². The van der Waals surface area contributed by atoms with Crippen molar-refractivity contribution in [2.45, 2.75) is 13.0 Å². The zero-order valence-electron chi connectivity index (χ0n) is 12.0. The minimum atomic E-state index is -3.20. The van der Waals surface area contributed by atoms with Gasteiger partial charge in [-0.2, -0.15) is 0 Å². The maximum Gasteiger partial charge on any atom is 0.341 e. The SMILES string of the molecule is CC(OP(=O)(NCCBr)NCCBr)c1ccc([N+](=O)[O-])cc1. The van der Waals surface area contributed by atoms with E-state index in [9.17, 15) is 14.7 Å². The van der Waals surface area contributed by atoms with Gasteiger partial charge in [-0.1, -0.05) is 31.9 Å². The number of non-ortho nitro benzene ring substituents is 1. The number of rotatable bonds is 10. The first-order valence-corrected chi connectivity index (χ1v) is 10.4. The Kier molecular flexibility index (Phi) is 8.74. The number of nitrogens with one attached hydrogen (secondary N) is 2. The van der Waals surface area contributed by atoms with Crippen molar-refractivity contribution >= 4 is 45.2 Å². The Bertz CT molecular complexity index is 518. The normalized spacial score (nSPS) is 13.0. The van der Waals surface area contributed by atoms with Gasteiger partial charge in [0.05, 0.1) is 11.0 Å². The first-order valence-electron chi connectivity index (χ1n) is 6.57. The fourth-order valence-electron chi connectivity index (χ4n) is 1.66. The summed E-state index contributed by atoms with van der Waals surface area (Å²) in [5.41, 5.74) is 0.723. The molecule has 10 heteroatoms. The van der Waals surface area contributed by atoms with Crippen LogP contribution in [0.4, 0.5) is 5.69 Å². The number of hydrogen-bond acceptors (Lipinski definition) is 4. The molecule has 0 saturated heterocycles. The summed E-state index contributed by atoms with van der Waals surface area (Å²) in [5, 5.41) is 17.6. The molecule has 2 N–H and O–H groups in total. The van der Waals surface area contributed by atoms with E-state index in [1.165, 1.54) is 12.1 Å². The molecule has 0 radical (unpaired) electrons. The third-order valence-corrected chi connectivity index (χ3v) is 5.39. The number of halogens is 2. The summed E-state index contributed by atoms with van der Waals surface area (Å²) in [5.74, 6) is 0. The predicted molar refractivity (Wildman–Crippen MR) is 93.8 cm³/mol. The number of hydrogen-bond donors (Lipinski definition) is 2. The van der Waals surface area contributed by atoms with Crippen LogP contribution >= 0.6 is 39.5 Å². The highest BCUT2D eigenvalue weighted by Crippen LogP contribution is 2.42. The Hall–Kier alpha value is -0.310. The summed E-state index contributed by atoms with van der Waals surface area (Å²) >= 11 is 6.53. The maximum atomic E-state index is 12.7. The molecule has 1 unspecified atom stereocenters. The van der Waals surface area contributed by atoms with Crippen LogP contribution in [0, 0.1) is 10.1 Å². The topological polar surface area (TPSA) is 93.5 Å². The van der Waals surface area contributed by atoms with E-state index >= 15 is 0 Å². The van der Waals surface area contributed by atoms with Gasteiger partial charge in [0, 0.05) is 35.9 Å². The van der Waals surface area contributed by atoms with Crippen molar-refractivity contribution < 1.29 is 14.0 Å². The monoisotopic (exact) mass is 457 g/mol. The predicted octanol–water partition coefficient (Wildman–Crippen LogP) is 3.75. The molecule has 0 amide bonds. The largest absolute Gasteiger partial charge is 0.341 e. The smallest absolute Gasteiger partial charge is 0.298 e. The van der Waals surface area contributed by atoms with E-state index in [4.69, 9.17) is 4.52 Å². The molecule has 0 aromatic heterocycles. The average Bonchev–Trinajstić information content (AvgIpc) is 2.51. The molecule has 22 heavy (non-hydrogen) atoms. The van der Waals surface area contributed by atoms with Crippen LogP contribution in [0.1, 0.15) is 18.6 Å². The maximum absolute atomic E-state index is 12.7. The minimum Gasteiger partial charge on any atom is -0.298 e. The Morgan fingerprint density at radius 3 is 2.14 bits per heavy atom. The molecule has 1 rings (SSSR count). The van der Waals surface area contributed by atoms with Gasteiger partial charge >= 0.3 is 7.67 Å². The summed E-state index contributed by atoms with van der Waals surface area (Å²) in [6.07, 6.45) is -0.475. The number of benzene rings is 1. The number of alkyl halides is 2. The molecule has 0 aliphatic rings. The van der Waals surface area contributed by atoms with Crippen LogP contribution in [0.15, 0.2) is 24.3 Å².